The first-order valence-electron chi connectivity index (χ1n) is 6.04. The van der Waals surface area contributed by atoms with Gasteiger partial charge in [0.15, 0.2) is 5.78 Å². The molecule has 0 saturated carbocycles. The molecule has 0 aliphatic carbocycles. The number of rotatable bonds is 4. The van der Waals surface area contributed by atoms with E-state index < -0.39 is 5.60 Å². The van der Waals surface area contributed by atoms with Crippen molar-refractivity contribution in [1.82, 2.24) is 5.32 Å². The molecule has 94 valence electrons. The molecule has 2 atom stereocenters. The summed E-state index contributed by atoms with van der Waals surface area (Å²) in [5.41, 5.74) is -0.551. The third kappa shape index (κ3) is 4.19. The number of nitrogens with one attached hydrogen (secondary N) is 1. The Hall–Kier alpha value is -1.35. The lowest BCUT2D eigenvalue weighted by Crippen LogP contribution is -2.42. The normalized spacial score (nSPS) is 24.8. The zero-order valence-corrected chi connectivity index (χ0v) is 10.7. The van der Waals surface area contributed by atoms with Crippen molar-refractivity contribution < 1.29 is 9.90 Å². The predicted molar refractivity (Wildman–Crippen MR) is 69.5 cm³/mol. The van der Waals surface area contributed by atoms with Gasteiger partial charge in [-0.25, -0.2) is 0 Å². The summed E-state index contributed by atoms with van der Waals surface area (Å²) in [5.74, 6) is 0.0593. The van der Waals surface area contributed by atoms with Crippen LogP contribution in [-0.2, 0) is 4.79 Å². The van der Waals surface area contributed by atoms with Crippen LogP contribution in [0.1, 0.15) is 33.6 Å². The van der Waals surface area contributed by atoms with Crippen molar-refractivity contribution in [3.63, 3.8) is 0 Å². The van der Waals surface area contributed by atoms with E-state index in [0.29, 0.717) is 12.1 Å². The number of ketones is 1. The minimum Gasteiger partial charge on any atom is -0.383 e. The fraction of sp³-hybridized carbons (Fsp3) is 0.500. The molecular formula is C14H21NO2. The van der Waals surface area contributed by atoms with Gasteiger partial charge in [-0.05, 0) is 26.3 Å². The molecular weight excluding hydrogens is 214 g/mol. The monoisotopic (exact) mass is 235 g/mol. The highest BCUT2D eigenvalue weighted by Gasteiger charge is 2.27. The highest BCUT2D eigenvalue weighted by molar-refractivity contribution is 5.92. The largest absolute Gasteiger partial charge is 0.383 e. The van der Waals surface area contributed by atoms with E-state index in [1.165, 1.54) is 6.08 Å². The third-order valence-corrected chi connectivity index (χ3v) is 2.66. The minimum absolute atomic E-state index is 0.0593. The topological polar surface area (TPSA) is 49.3 Å². The Labute approximate surface area is 103 Å². The first-order chi connectivity index (χ1) is 7.95. The molecule has 3 nitrogen and oxygen atoms in total. The van der Waals surface area contributed by atoms with Gasteiger partial charge in [0, 0.05) is 18.5 Å². The quantitative estimate of drug-likeness (QED) is 0.734. The number of carbonyl (C=O) groups excluding carboxylic acids is 1. The Morgan fingerprint density at radius 1 is 1.59 bits per heavy atom. The molecule has 2 N–H and O–H groups in total. The molecule has 0 bridgehead atoms. The Bertz CT molecular complexity index is 364. The molecule has 2 unspecified atom stereocenters. The van der Waals surface area contributed by atoms with Crippen molar-refractivity contribution in [2.24, 2.45) is 0 Å². The van der Waals surface area contributed by atoms with Gasteiger partial charge in [-0.15, -0.1) is 0 Å². The van der Waals surface area contributed by atoms with Crippen LogP contribution < -0.4 is 5.32 Å². The standard InChI is InChI=1S/C14H21NO2/c1-4-5-6-7-8-14(3,17)13-10-12(16)9-11(2)15-13/h5-8,10-11,15,17H,4,9H2,1-3H3. The molecule has 0 aromatic heterocycles. The third-order valence-electron chi connectivity index (χ3n) is 2.66. The maximum absolute atomic E-state index is 11.4. The molecule has 0 fully saturated rings. The first-order valence-corrected chi connectivity index (χ1v) is 6.04. The lowest BCUT2D eigenvalue weighted by Gasteiger charge is -2.30. The summed E-state index contributed by atoms with van der Waals surface area (Å²) in [5, 5.41) is 13.4. The van der Waals surface area contributed by atoms with Gasteiger partial charge in [-0.2, -0.15) is 0 Å². The Morgan fingerprint density at radius 2 is 2.29 bits per heavy atom. The number of allylic oxidation sites excluding steroid dienone is 4. The zero-order valence-electron chi connectivity index (χ0n) is 10.7. The van der Waals surface area contributed by atoms with Crippen molar-refractivity contribution in [3.05, 3.63) is 36.1 Å². The Balaban J connectivity index is 2.79. The lowest BCUT2D eigenvalue weighted by molar-refractivity contribution is -0.115. The predicted octanol–water partition coefficient (Wildman–Crippen LogP) is 2.09. The summed E-state index contributed by atoms with van der Waals surface area (Å²) in [4.78, 5) is 11.4. The summed E-state index contributed by atoms with van der Waals surface area (Å²) in [6.45, 7) is 5.66. The molecule has 1 rings (SSSR count). The highest BCUT2D eigenvalue weighted by atomic mass is 16.3. The highest BCUT2D eigenvalue weighted by Crippen LogP contribution is 2.20. The van der Waals surface area contributed by atoms with Gasteiger partial charge in [0.25, 0.3) is 0 Å². The Kier molecular flexibility index (Phi) is 4.70. The van der Waals surface area contributed by atoms with Crippen LogP contribution in [0.15, 0.2) is 36.1 Å². The number of hydrogen-bond donors (Lipinski definition) is 2. The molecule has 0 spiro atoms. The average Bonchev–Trinajstić information content (AvgIpc) is 2.23. The van der Waals surface area contributed by atoms with E-state index in [4.69, 9.17) is 0 Å². The smallest absolute Gasteiger partial charge is 0.159 e. The summed E-state index contributed by atoms with van der Waals surface area (Å²) in [7, 11) is 0. The molecule has 0 radical (unpaired) electrons. The molecule has 0 saturated heterocycles. The summed E-state index contributed by atoms with van der Waals surface area (Å²) in [6, 6.07) is 0.0774. The van der Waals surface area contributed by atoms with E-state index >= 15 is 0 Å². The van der Waals surface area contributed by atoms with E-state index in [2.05, 4.69) is 5.32 Å². The van der Waals surface area contributed by atoms with Crippen LogP contribution >= 0.6 is 0 Å². The summed E-state index contributed by atoms with van der Waals surface area (Å²) >= 11 is 0. The maximum Gasteiger partial charge on any atom is 0.159 e. The van der Waals surface area contributed by atoms with Crippen LogP contribution in [-0.4, -0.2) is 22.5 Å². The van der Waals surface area contributed by atoms with Crippen LogP contribution in [0.25, 0.3) is 0 Å². The number of hydrogen-bond acceptors (Lipinski definition) is 3. The van der Waals surface area contributed by atoms with Gasteiger partial charge in [0.2, 0.25) is 0 Å². The van der Waals surface area contributed by atoms with Gasteiger partial charge in [-0.3, -0.25) is 4.79 Å². The van der Waals surface area contributed by atoms with Crippen molar-refractivity contribution in [3.8, 4) is 0 Å². The van der Waals surface area contributed by atoms with Crippen molar-refractivity contribution in [2.45, 2.75) is 45.3 Å². The van der Waals surface area contributed by atoms with E-state index in [1.807, 2.05) is 26.0 Å². The number of carbonyl (C=O) groups is 1. The minimum atomic E-state index is -1.12. The van der Waals surface area contributed by atoms with Crippen LogP contribution in [0.5, 0.6) is 0 Å². The van der Waals surface area contributed by atoms with Crippen LogP contribution in [0, 0.1) is 0 Å². The molecule has 17 heavy (non-hydrogen) atoms. The maximum atomic E-state index is 11.4. The fourth-order valence-electron chi connectivity index (χ4n) is 1.72. The fourth-order valence-corrected chi connectivity index (χ4v) is 1.72. The molecule has 3 heteroatoms. The van der Waals surface area contributed by atoms with Crippen LogP contribution in [0.2, 0.25) is 0 Å². The SMILES string of the molecule is CCC=CC=CC(C)(O)C1=CC(=O)CC(C)N1. The van der Waals surface area contributed by atoms with Gasteiger partial charge < -0.3 is 10.4 Å². The van der Waals surface area contributed by atoms with E-state index in [0.717, 1.165) is 6.42 Å². The van der Waals surface area contributed by atoms with Crippen molar-refractivity contribution in [2.75, 3.05) is 0 Å². The molecule has 1 heterocycles. The molecule has 1 aliphatic rings. The van der Waals surface area contributed by atoms with Gasteiger partial charge in [0.1, 0.15) is 5.60 Å². The molecule has 0 amide bonds. The number of aliphatic hydroxyl groups is 1. The second-order valence-electron chi connectivity index (χ2n) is 4.62. The second kappa shape index (κ2) is 5.82. The molecule has 0 aromatic rings. The van der Waals surface area contributed by atoms with E-state index in [-0.39, 0.29) is 11.8 Å². The molecule has 0 aromatic carbocycles. The average molecular weight is 235 g/mol. The second-order valence-corrected chi connectivity index (χ2v) is 4.62. The first kappa shape index (κ1) is 13.7. The van der Waals surface area contributed by atoms with Crippen LogP contribution in [0.4, 0.5) is 0 Å². The van der Waals surface area contributed by atoms with E-state index in [9.17, 15) is 9.90 Å². The lowest BCUT2D eigenvalue weighted by atomic mass is 9.95. The van der Waals surface area contributed by atoms with Gasteiger partial charge >= 0.3 is 0 Å². The van der Waals surface area contributed by atoms with Gasteiger partial charge in [-0.1, -0.05) is 25.2 Å². The van der Waals surface area contributed by atoms with Crippen molar-refractivity contribution in [1.29, 1.82) is 0 Å². The van der Waals surface area contributed by atoms with E-state index in [1.54, 1.807) is 19.1 Å². The summed E-state index contributed by atoms with van der Waals surface area (Å²) < 4.78 is 0. The van der Waals surface area contributed by atoms with Gasteiger partial charge in [0.05, 0.1) is 5.70 Å². The summed E-state index contributed by atoms with van der Waals surface area (Å²) in [6.07, 6.45) is 10.3. The van der Waals surface area contributed by atoms with Crippen LogP contribution in [0.3, 0.4) is 0 Å². The zero-order chi connectivity index (χ0) is 12.9. The van der Waals surface area contributed by atoms with Crippen molar-refractivity contribution >= 4 is 5.78 Å². The Morgan fingerprint density at radius 3 is 2.88 bits per heavy atom. The molecule has 1 aliphatic heterocycles.